The first-order valence-electron chi connectivity index (χ1n) is 5.71. The predicted octanol–water partition coefficient (Wildman–Crippen LogP) is 2.85. The van der Waals surface area contributed by atoms with Crippen molar-refractivity contribution in [3.8, 4) is 0 Å². The number of carboxylic acid groups (broad SMARTS) is 1. The molecule has 1 fully saturated rings. The minimum Gasteiger partial charge on any atom is -0.465 e. The lowest BCUT2D eigenvalue weighted by Crippen LogP contribution is -2.36. The van der Waals surface area contributed by atoms with E-state index in [9.17, 15) is 4.79 Å². The first kappa shape index (κ1) is 11.0. The minimum absolute atomic E-state index is 0.524. The van der Waals surface area contributed by atoms with Crippen molar-refractivity contribution in [1.29, 1.82) is 0 Å². The van der Waals surface area contributed by atoms with Gasteiger partial charge in [0.1, 0.15) is 0 Å². The van der Waals surface area contributed by atoms with Crippen LogP contribution >= 0.6 is 0 Å². The Balaban J connectivity index is 2.01. The normalized spacial score (nSPS) is 17.4. The Labute approximate surface area is 95.7 Å². The van der Waals surface area contributed by atoms with Crippen LogP contribution in [0.2, 0.25) is 0 Å². The number of benzene rings is 1. The monoisotopic (exact) mass is 219 g/mol. The Morgan fingerprint density at radius 3 is 2.62 bits per heavy atom. The van der Waals surface area contributed by atoms with E-state index < -0.39 is 6.09 Å². The van der Waals surface area contributed by atoms with Crippen LogP contribution in [0, 0.1) is 6.92 Å². The van der Waals surface area contributed by atoms with Gasteiger partial charge in [0.15, 0.2) is 0 Å². The molecule has 0 spiro atoms. The summed E-state index contributed by atoms with van der Waals surface area (Å²) in [5.41, 5.74) is 2.63. The summed E-state index contributed by atoms with van der Waals surface area (Å²) in [5.74, 6) is 0.524. The number of nitrogens with zero attached hydrogens (tertiary/aromatic N) is 1. The van der Waals surface area contributed by atoms with Gasteiger partial charge in [0.25, 0.3) is 0 Å². The molecule has 0 bridgehead atoms. The van der Waals surface area contributed by atoms with Crippen molar-refractivity contribution >= 4 is 6.09 Å². The number of aryl methyl sites for hydroxylation is 1. The summed E-state index contributed by atoms with van der Waals surface area (Å²) in [6.07, 6.45) is 1.09. The highest BCUT2D eigenvalue weighted by molar-refractivity contribution is 5.65. The van der Waals surface area contributed by atoms with Crippen LogP contribution in [0.4, 0.5) is 4.79 Å². The van der Waals surface area contributed by atoms with Crippen molar-refractivity contribution in [3.05, 3.63) is 35.4 Å². The highest BCUT2D eigenvalue weighted by atomic mass is 16.4. The fourth-order valence-electron chi connectivity index (χ4n) is 2.33. The van der Waals surface area contributed by atoms with Gasteiger partial charge in [-0.25, -0.2) is 4.79 Å². The van der Waals surface area contributed by atoms with Gasteiger partial charge in [-0.05, 0) is 31.2 Å². The highest BCUT2D eigenvalue weighted by Gasteiger charge is 2.23. The number of hydrogen-bond donors (Lipinski definition) is 1. The number of hydrogen-bond acceptors (Lipinski definition) is 1. The molecule has 0 saturated carbocycles. The summed E-state index contributed by atoms with van der Waals surface area (Å²) in [5, 5.41) is 8.87. The van der Waals surface area contributed by atoms with Crippen LogP contribution in [0.1, 0.15) is 29.9 Å². The van der Waals surface area contributed by atoms with E-state index in [0.717, 1.165) is 12.8 Å². The van der Waals surface area contributed by atoms with E-state index in [1.165, 1.54) is 16.0 Å². The molecule has 1 aromatic carbocycles. The fraction of sp³-hybridized carbons (Fsp3) is 0.462. The third-order valence-corrected chi connectivity index (χ3v) is 3.28. The zero-order valence-electron chi connectivity index (χ0n) is 9.52. The third-order valence-electron chi connectivity index (χ3n) is 3.28. The Morgan fingerprint density at radius 2 is 2.06 bits per heavy atom. The predicted molar refractivity (Wildman–Crippen MR) is 62.8 cm³/mol. The van der Waals surface area contributed by atoms with Crippen molar-refractivity contribution in [2.75, 3.05) is 13.1 Å². The van der Waals surface area contributed by atoms with E-state index in [-0.39, 0.29) is 0 Å². The molecule has 0 atom stereocenters. The molecule has 1 amide bonds. The van der Waals surface area contributed by atoms with E-state index >= 15 is 0 Å². The zero-order valence-corrected chi connectivity index (χ0v) is 9.52. The average molecular weight is 219 g/mol. The van der Waals surface area contributed by atoms with E-state index in [2.05, 4.69) is 31.2 Å². The summed E-state index contributed by atoms with van der Waals surface area (Å²) in [6.45, 7) is 3.41. The van der Waals surface area contributed by atoms with E-state index in [4.69, 9.17) is 5.11 Å². The zero-order chi connectivity index (χ0) is 11.5. The van der Waals surface area contributed by atoms with Gasteiger partial charge in [0, 0.05) is 13.1 Å². The average Bonchev–Trinajstić information content (AvgIpc) is 2.29. The summed E-state index contributed by atoms with van der Waals surface area (Å²) >= 11 is 0. The molecule has 0 aliphatic carbocycles. The maximum atomic E-state index is 10.8. The minimum atomic E-state index is -0.789. The molecular formula is C13H17NO2. The van der Waals surface area contributed by atoms with Gasteiger partial charge < -0.3 is 10.0 Å². The van der Waals surface area contributed by atoms with Gasteiger partial charge in [-0.15, -0.1) is 0 Å². The molecule has 1 N–H and O–H groups in total. The molecule has 0 unspecified atom stereocenters. The summed E-state index contributed by atoms with van der Waals surface area (Å²) in [7, 11) is 0. The summed E-state index contributed by atoms with van der Waals surface area (Å²) < 4.78 is 0. The van der Waals surface area contributed by atoms with Crippen molar-refractivity contribution in [2.24, 2.45) is 0 Å². The van der Waals surface area contributed by atoms with Crippen LogP contribution < -0.4 is 0 Å². The largest absolute Gasteiger partial charge is 0.465 e. The lowest BCUT2D eigenvalue weighted by molar-refractivity contribution is 0.132. The molecule has 0 radical (unpaired) electrons. The Hall–Kier alpha value is -1.51. The standard InChI is InChI=1S/C13H17NO2/c1-10-3-2-4-12(9-10)11-5-7-14(8-6-11)13(15)16/h2-4,9,11H,5-8H2,1H3,(H,15,16). The van der Waals surface area contributed by atoms with Crippen LogP contribution in [-0.4, -0.2) is 29.2 Å². The molecule has 1 aliphatic heterocycles. The quantitative estimate of drug-likeness (QED) is 0.789. The van der Waals surface area contributed by atoms with Crippen molar-refractivity contribution < 1.29 is 9.90 Å². The molecule has 3 heteroatoms. The van der Waals surface area contributed by atoms with Gasteiger partial charge in [0.2, 0.25) is 0 Å². The van der Waals surface area contributed by atoms with Crippen molar-refractivity contribution in [1.82, 2.24) is 4.90 Å². The van der Waals surface area contributed by atoms with Crippen LogP contribution in [0.3, 0.4) is 0 Å². The lowest BCUT2D eigenvalue weighted by Gasteiger charge is -2.30. The first-order chi connectivity index (χ1) is 7.66. The molecule has 1 aliphatic rings. The number of piperidine rings is 1. The van der Waals surface area contributed by atoms with Crippen LogP contribution in [-0.2, 0) is 0 Å². The second kappa shape index (κ2) is 4.56. The molecule has 1 saturated heterocycles. The van der Waals surface area contributed by atoms with E-state index in [0.29, 0.717) is 19.0 Å². The number of likely N-dealkylation sites (tertiary alicyclic amines) is 1. The SMILES string of the molecule is Cc1cccc(C2CCN(C(=O)O)CC2)c1. The van der Waals surface area contributed by atoms with E-state index in [1.54, 1.807) is 0 Å². The molecular weight excluding hydrogens is 202 g/mol. The van der Waals surface area contributed by atoms with Crippen LogP contribution in [0.15, 0.2) is 24.3 Å². The number of rotatable bonds is 1. The second-order valence-corrected chi connectivity index (χ2v) is 4.46. The maximum absolute atomic E-state index is 10.8. The maximum Gasteiger partial charge on any atom is 0.407 e. The van der Waals surface area contributed by atoms with Gasteiger partial charge in [0.05, 0.1) is 0 Å². The fourth-order valence-corrected chi connectivity index (χ4v) is 2.33. The van der Waals surface area contributed by atoms with Crippen LogP contribution in [0.25, 0.3) is 0 Å². The third kappa shape index (κ3) is 2.35. The van der Waals surface area contributed by atoms with Gasteiger partial charge >= 0.3 is 6.09 Å². The summed E-state index contributed by atoms with van der Waals surface area (Å²) in [4.78, 5) is 12.3. The molecule has 1 heterocycles. The first-order valence-corrected chi connectivity index (χ1v) is 5.71. The van der Waals surface area contributed by atoms with Gasteiger partial charge in [-0.3, -0.25) is 0 Å². The Morgan fingerprint density at radius 1 is 1.38 bits per heavy atom. The summed E-state index contributed by atoms with van der Waals surface area (Å²) in [6, 6.07) is 8.53. The highest BCUT2D eigenvalue weighted by Crippen LogP contribution is 2.28. The number of amides is 1. The smallest absolute Gasteiger partial charge is 0.407 e. The second-order valence-electron chi connectivity index (χ2n) is 4.46. The molecule has 2 rings (SSSR count). The Bertz CT molecular complexity index is 381. The van der Waals surface area contributed by atoms with E-state index in [1.807, 2.05) is 0 Å². The molecule has 16 heavy (non-hydrogen) atoms. The molecule has 1 aromatic rings. The van der Waals surface area contributed by atoms with Crippen LogP contribution in [0.5, 0.6) is 0 Å². The van der Waals surface area contributed by atoms with Crippen molar-refractivity contribution in [2.45, 2.75) is 25.7 Å². The lowest BCUT2D eigenvalue weighted by atomic mass is 9.89. The molecule has 0 aromatic heterocycles. The number of carbonyl (C=O) groups is 1. The van der Waals surface area contributed by atoms with Gasteiger partial charge in [-0.1, -0.05) is 29.8 Å². The molecule has 3 nitrogen and oxygen atoms in total. The van der Waals surface area contributed by atoms with Gasteiger partial charge in [-0.2, -0.15) is 0 Å². The molecule has 86 valence electrons. The Kier molecular flexibility index (Phi) is 3.13. The topological polar surface area (TPSA) is 40.5 Å². The van der Waals surface area contributed by atoms with Crippen molar-refractivity contribution in [3.63, 3.8) is 0 Å².